The highest BCUT2D eigenvalue weighted by atomic mass is 32.2. The molecule has 1 atom stereocenters. The molecule has 2 N–H and O–H groups in total. The second kappa shape index (κ2) is 5.30. The van der Waals surface area contributed by atoms with E-state index >= 15 is 0 Å². The Hall–Kier alpha value is -1.47. The van der Waals surface area contributed by atoms with Crippen molar-refractivity contribution in [3.63, 3.8) is 0 Å². The summed E-state index contributed by atoms with van der Waals surface area (Å²) in [5.74, 6) is 0.0515. The van der Waals surface area contributed by atoms with Gasteiger partial charge < -0.3 is 5.73 Å². The van der Waals surface area contributed by atoms with Crippen LogP contribution in [0.1, 0.15) is 5.56 Å². The van der Waals surface area contributed by atoms with Gasteiger partial charge in [-0.15, -0.1) is 11.8 Å². The Labute approximate surface area is 86.9 Å². The standard InChI is InChI=1S/C10H10N2OS/c11-6-9(10(12)13)14-7-8-4-2-1-3-5-8/h1-5,9H,7H2,(H2,12,13). The van der Waals surface area contributed by atoms with Crippen molar-refractivity contribution in [2.24, 2.45) is 5.73 Å². The summed E-state index contributed by atoms with van der Waals surface area (Å²) >= 11 is 1.25. The van der Waals surface area contributed by atoms with Crippen LogP contribution in [0.4, 0.5) is 0 Å². The van der Waals surface area contributed by atoms with E-state index in [0.29, 0.717) is 5.75 Å². The molecule has 0 spiro atoms. The van der Waals surface area contributed by atoms with Gasteiger partial charge in [-0.3, -0.25) is 4.79 Å². The molecule has 0 fully saturated rings. The monoisotopic (exact) mass is 206 g/mol. The Morgan fingerprint density at radius 3 is 2.64 bits per heavy atom. The van der Waals surface area contributed by atoms with Gasteiger partial charge in [0, 0.05) is 5.75 Å². The van der Waals surface area contributed by atoms with Crippen molar-refractivity contribution in [3.8, 4) is 6.07 Å². The fraction of sp³-hybridized carbons (Fsp3) is 0.200. The topological polar surface area (TPSA) is 66.9 Å². The zero-order valence-corrected chi connectivity index (χ0v) is 8.33. The van der Waals surface area contributed by atoms with Gasteiger partial charge >= 0.3 is 0 Å². The Bertz CT molecular complexity index is 345. The molecule has 4 heteroatoms. The number of carbonyl (C=O) groups is 1. The van der Waals surface area contributed by atoms with Crippen molar-refractivity contribution in [2.75, 3.05) is 0 Å². The summed E-state index contributed by atoms with van der Waals surface area (Å²) in [6.07, 6.45) is 0. The molecule has 0 radical (unpaired) electrons. The van der Waals surface area contributed by atoms with Crippen LogP contribution >= 0.6 is 11.8 Å². The van der Waals surface area contributed by atoms with Gasteiger partial charge in [-0.05, 0) is 5.56 Å². The van der Waals surface area contributed by atoms with Crippen molar-refractivity contribution >= 4 is 17.7 Å². The van der Waals surface area contributed by atoms with Crippen molar-refractivity contribution in [3.05, 3.63) is 35.9 Å². The molecule has 3 nitrogen and oxygen atoms in total. The van der Waals surface area contributed by atoms with Gasteiger partial charge in [-0.1, -0.05) is 30.3 Å². The SMILES string of the molecule is N#CC(SCc1ccccc1)C(N)=O. The molecular formula is C10H10N2OS. The fourth-order valence-corrected chi connectivity index (χ4v) is 1.73. The largest absolute Gasteiger partial charge is 0.368 e. The molecule has 72 valence electrons. The molecule has 0 aliphatic rings. The molecule has 1 aromatic rings. The number of nitrogens with two attached hydrogens (primary N) is 1. The number of carbonyl (C=O) groups excluding carboxylic acids is 1. The van der Waals surface area contributed by atoms with E-state index in [9.17, 15) is 4.79 Å². The number of thioether (sulfide) groups is 1. The van der Waals surface area contributed by atoms with Gasteiger partial charge in [0.2, 0.25) is 5.91 Å². The molecule has 1 amide bonds. The van der Waals surface area contributed by atoms with Crippen molar-refractivity contribution < 1.29 is 4.79 Å². The molecule has 0 bridgehead atoms. The molecule has 1 rings (SSSR count). The fourth-order valence-electron chi connectivity index (χ4n) is 0.937. The van der Waals surface area contributed by atoms with Crippen molar-refractivity contribution in [1.82, 2.24) is 0 Å². The second-order valence-electron chi connectivity index (χ2n) is 2.71. The average molecular weight is 206 g/mol. The maximum Gasteiger partial charge on any atom is 0.245 e. The number of nitriles is 1. The van der Waals surface area contributed by atoms with Gasteiger partial charge in [-0.25, -0.2) is 0 Å². The summed E-state index contributed by atoms with van der Waals surface area (Å²) in [4.78, 5) is 10.7. The normalized spacial score (nSPS) is 11.6. The van der Waals surface area contributed by atoms with E-state index < -0.39 is 11.2 Å². The van der Waals surface area contributed by atoms with Crippen LogP contribution in [-0.4, -0.2) is 11.2 Å². The predicted molar refractivity (Wildman–Crippen MR) is 56.3 cm³/mol. The molecule has 1 aromatic carbocycles. The van der Waals surface area contributed by atoms with Gasteiger partial charge in [0.05, 0.1) is 6.07 Å². The van der Waals surface area contributed by atoms with Gasteiger partial charge in [-0.2, -0.15) is 5.26 Å². The van der Waals surface area contributed by atoms with Crippen molar-refractivity contribution in [1.29, 1.82) is 5.26 Å². The number of rotatable bonds is 4. The number of benzene rings is 1. The second-order valence-corrected chi connectivity index (χ2v) is 3.80. The summed E-state index contributed by atoms with van der Waals surface area (Å²) in [5, 5.41) is 7.85. The number of nitrogens with zero attached hydrogens (tertiary/aromatic N) is 1. The third-order valence-corrected chi connectivity index (χ3v) is 2.81. The molecule has 0 aliphatic heterocycles. The summed E-state index contributed by atoms with van der Waals surface area (Å²) in [6, 6.07) is 11.5. The maximum absolute atomic E-state index is 10.7. The quantitative estimate of drug-likeness (QED) is 0.807. The Morgan fingerprint density at radius 2 is 2.14 bits per heavy atom. The lowest BCUT2D eigenvalue weighted by Gasteiger charge is -2.03. The van der Waals surface area contributed by atoms with Crippen LogP contribution in [0, 0.1) is 11.3 Å². The molecule has 0 aromatic heterocycles. The highest BCUT2D eigenvalue weighted by Gasteiger charge is 2.13. The van der Waals surface area contributed by atoms with Crippen molar-refractivity contribution in [2.45, 2.75) is 11.0 Å². The van der Waals surface area contributed by atoms with Crippen LogP contribution in [-0.2, 0) is 10.5 Å². The lowest BCUT2D eigenvalue weighted by molar-refractivity contribution is -0.116. The lowest BCUT2D eigenvalue weighted by atomic mass is 10.2. The van der Waals surface area contributed by atoms with Crippen LogP contribution in [0.3, 0.4) is 0 Å². The average Bonchev–Trinajstić information content (AvgIpc) is 2.20. The van der Waals surface area contributed by atoms with E-state index in [-0.39, 0.29) is 0 Å². The first-order valence-corrected chi connectivity index (χ1v) is 5.13. The Morgan fingerprint density at radius 1 is 1.50 bits per heavy atom. The van der Waals surface area contributed by atoms with E-state index in [1.54, 1.807) is 0 Å². The summed E-state index contributed by atoms with van der Waals surface area (Å²) in [7, 11) is 0. The van der Waals surface area contributed by atoms with E-state index in [1.807, 2.05) is 36.4 Å². The molecular weight excluding hydrogens is 196 g/mol. The molecule has 0 saturated carbocycles. The van der Waals surface area contributed by atoms with Gasteiger partial charge in [0.15, 0.2) is 5.25 Å². The number of hydrogen-bond donors (Lipinski definition) is 1. The van der Waals surface area contributed by atoms with E-state index in [2.05, 4.69) is 0 Å². The molecule has 0 aliphatic carbocycles. The van der Waals surface area contributed by atoms with E-state index in [1.165, 1.54) is 11.8 Å². The summed E-state index contributed by atoms with van der Waals surface area (Å²) in [6.45, 7) is 0. The molecule has 0 heterocycles. The van der Waals surface area contributed by atoms with E-state index in [4.69, 9.17) is 11.0 Å². The number of amides is 1. The lowest BCUT2D eigenvalue weighted by Crippen LogP contribution is -2.24. The third-order valence-electron chi connectivity index (χ3n) is 1.64. The third kappa shape index (κ3) is 3.11. The first-order chi connectivity index (χ1) is 6.74. The summed E-state index contributed by atoms with van der Waals surface area (Å²) in [5.41, 5.74) is 6.11. The molecule has 1 unspecified atom stereocenters. The Balaban J connectivity index is 2.49. The Kier molecular flexibility index (Phi) is 4.02. The molecule has 14 heavy (non-hydrogen) atoms. The number of primary amides is 1. The van der Waals surface area contributed by atoms with Crippen LogP contribution in [0.15, 0.2) is 30.3 Å². The first-order valence-electron chi connectivity index (χ1n) is 4.08. The summed E-state index contributed by atoms with van der Waals surface area (Å²) < 4.78 is 0. The highest BCUT2D eigenvalue weighted by Crippen LogP contribution is 2.16. The minimum Gasteiger partial charge on any atom is -0.368 e. The van der Waals surface area contributed by atoms with Gasteiger partial charge in [0.1, 0.15) is 0 Å². The number of hydrogen-bond acceptors (Lipinski definition) is 3. The smallest absolute Gasteiger partial charge is 0.245 e. The maximum atomic E-state index is 10.7. The minimum absolute atomic E-state index is 0.576. The molecule has 0 saturated heterocycles. The predicted octanol–water partition coefficient (Wildman–Crippen LogP) is 1.30. The van der Waals surface area contributed by atoms with Crippen LogP contribution in [0.2, 0.25) is 0 Å². The van der Waals surface area contributed by atoms with Crippen LogP contribution < -0.4 is 5.73 Å². The van der Waals surface area contributed by atoms with Gasteiger partial charge in [0.25, 0.3) is 0 Å². The first kappa shape index (κ1) is 10.6. The van der Waals surface area contributed by atoms with Crippen LogP contribution in [0.5, 0.6) is 0 Å². The van der Waals surface area contributed by atoms with E-state index in [0.717, 1.165) is 5.56 Å². The minimum atomic E-state index is -0.754. The zero-order chi connectivity index (χ0) is 10.4. The highest BCUT2D eigenvalue weighted by molar-refractivity contribution is 8.00. The van der Waals surface area contributed by atoms with Crippen LogP contribution in [0.25, 0.3) is 0 Å². The zero-order valence-electron chi connectivity index (χ0n) is 7.51.